The highest BCUT2D eigenvalue weighted by atomic mass is 16.5. The van der Waals surface area contributed by atoms with E-state index < -0.39 is 11.5 Å². The van der Waals surface area contributed by atoms with E-state index in [-0.39, 0.29) is 18.9 Å². The highest BCUT2D eigenvalue weighted by molar-refractivity contribution is 5.91. The molecular weight excluding hydrogens is 434 g/mol. The van der Waals surface area contributed by atoms with Crippen LogP contribution >= 0.6 is 0 Å². The molecule has 0 unspecified atom stereocenters. The van der Waals surface area contributed by atoms with Crippen LogP contribution in [0.4, 0.5) is 0 Å². The Morgan fingerprint density at radius 3 is 1.66 bits per heavy atom. The van der Waals surface area contributed by atoms with Gasteiger partial charge in [0.05, 0.1) is 7.11 Å². The van der Waals surface area contributed by atoms with Crippen molar-refractivity contribution in [2.45, 2.75) is 18.9 Å². The normalized spacial score (nSPS) is 13.2. The number of amides is 1. The van der Waals surface area contributed by atoms with Gasteiger partial charge in [-0.1, -0.05) is 121 Å². The summed E-state index contributed by atoms with van der Waals surface area (Å²) in [6.45, 7) is 1.73. The van der Waals surface area contributed by atoms with Crippen LogP contribution in [0.2, 0.25) is 0 Å². The summed E-state index contributed by atoms with van der Waals surface area (Å²) in [4.78, 5) is 27.8. The Balaban J connectivity index is 2.01. The van der Waals surface area contributed by atoms with Crippen LogP contribution in [0.5, 0.6) is 0 Å². The highest BCUT2D eigenvalue weighted by Gasteiger charge is 2.43. The minimum absolute atomic E-state index is 0.223. The van der Waals surface area contributed by atoms with E-state index >= 15 is 0 Å². The molecule has 1 atom stereocenters. The standard InChI is InChI=1S/C31H31NO3/c1-26(33)32(25-13-21-28-16-8-4-9-17-28)31(30(34)35-2,24-22-29-18-10-5-11-19-29)23-12-20-27-14-6-3-7-15-27/h3-22,24H,23,25H2,1-2H3/t31-/m1/s1. The number of hydrogen-bond acceptors (Lipinski definition) is 3. The van der Waals surface area contributed by atoms with Gasteiger partial charge in [-0.15, -0.1) is 0 Å². The van der Waals surface area contributed by atoms with Gasteiger partial charge in [-0.3, -0.25) is 4.79 Å². The molecule has 35 heavy (non-hydrogen) atoms. The van der Waals surface area contributed by atoms with Crippen LogP contribution in [0.25, 0.3) is 18.2 Å². The predicted molar refractivity (Wildman–Crippen MR) is 143 cm³/mol. The fourth-order valence-corrected chi connectivity index (χ4v) is 3.87. The van der Waals surface area contributed by atoms with Crippen molar-refractivity contribution >= 4 is 30.1 Å². The Bertz CT molecular complexity index is 1170. The molecule has 3 aromatic carbocycles. The van der Waals surface area contributed by atoms with Crippen molar-refractivity contribution in [2.24, 2.45) is 0 Å². The van der Waals surface area contributed by atoms with Gasteiger partial charge in [0.1, 0.15) is 0 Å². The van der Waals surface area contributed by atoms with Crippen LogP contribution in [-0.4, -0.2) is 36.0 Å². The lowest BCUT2D eigenvalue weighted by molar-refractivity contribution is -0.157. The number of benzene rings is 3. The molecule has 0 aliphatic heterocycles. The first kappa shape index (κ1) is 25.4. The van der Waals surface area contributed by atoms with Crippen molar-refractivity contribution in [3.63, 3.8) is 0 Å². The third-order valence-electron chi connectivity index (χ3n) is 5.69. The monoisotopic (exact) mass is 465 g/mol. The number of carbonyl (C=O) groups is 2. The smallest absolute Gasteiger partial charge is 0.336 e. The molecule has 0 aliphatic carbocycles. The maximum Gasteiger partial charge on any atom is 0.336 e. The molecule has 3 rings (SSSR count). The van der Waals surface area contributed by atoms with Gasteiger partial charge in [-0.25, -0.2) is 4.79 Å². The Hall–Kier alpha value is -4.18. The van der Waals surface area contributed by atoms with Gasteiger partial charge in [0.15, 0.2) is 5.54 Å². The molecule has 0 spiro atoms. The molecule has 4 nitrogen and oxygen atoms in total. The van der Waals surface area contributed by atoms with Crippen LogP contribution in [0.15, 0.2) is 109 Å². The van der Waals surface area contributed by atoms with E-state index in [4.69, 9.17) is 4.74 Å². The van der Waals surface area contributed by atoms with Gasteiger partial charge in [0, 0.05) is 19.9 Å². The van der Waals surface area contributed by atoms with E-state index in [0.717, 1.165) is 16.7 Å². The Morgan fingerprint density at radius 1 is 0.743 bits per heavy atom. The second kappa shape index (κ2) is 12.9. The zero-order chi connectivity index (χ0) is 24.9. The molecule has 0 saturated carbocycles. The van der Waals surface area contributed by atoms with Crippen molar-refractivity contribution in [2.75, 3.05) is 13.7 Å². The molecule has 0 heterocycles. The van der Waals surface area contributed by atoms with E-state index in [2.05, 4.69) is 0 Å². The molecule has 0 fully saturated rings. The van der Waals surface area contributed by atoms with Gasteiger partial charge in [-0.05, 0) is 22.8 Å². The zero-order valence-corrected chi connectivity index (χ0v) is 20.2. The third-order valence-corrected chi connectivity index (χ3v) is 5.69. The van der Waals surface area contributed by atoms with E-state index in [0.29, 0.717) is 0 Å². The largest absolute Gasteiger partial charge is 0.467 e. The van der Waals surface area contributed by atoms with Crippen molar-refractivity contribution < 1.29 is 14.3 Å². The summed E-state index contributed by atoms with van der Waals surface area (Å²) in [5, 5.41) is 0. The summed E-state index contributed by atoms with van der Waals surface area (Å²) in [6.07, 6.45) is 11.6. The molecule has 0 saturated heterocycles. The number of methoxy groups -OCH3 is 1. The molecular formula is C31H31NO3. The lowest BCUT2D eigenvalue weighted by atomic mass is 9.90. The molecule has 3 aromatic rings. The highest BCUT2D eigenvalue weighted by Crippen LogP contribution is 2.27. The molecule has 178 valence electrons. The number of rotatable bonds is 10. The summed E-state index contributed by atoms with van der Waals surface area (Å²) in [5.74, 6) is -0.718. The van der Waals surface area contributed by atoms with Crippen molar-refractivity contribution in [3.8, 4) is 0 Å². The summed E-state index contributed by atoms with van der Waals surface area (Å²) < 4.78 is 5.26. The van der Waals surface area contributed by atoms with Gasteiger partial charge in [-0.2, -0.15) is 0 Å². The number of hydrogen-bond donors (Lipinski definition) is 0. The number of esters is 1. The molecule has 1 amide bonds. The fourth-order valence-electron chi connectivity index (χ4n) is 3.87. The third kappa shape index (κ3) is 7.15. The van der Waals surface area contributed by atoms with Crippen LogP contribution < -0.4 is 0 Å². The van der Waals surface area contributed by atoms with Gasteiger partial charge in [0.25, 0.3) is 0 Å². The molecule has 0 bridgehead atoms. The minimum atomic E-state index is -1.32. The van der Waals surface area contributed by atoms with Crippen LogP contribution in [0.3, 0.4) is 0 Å². The Kier molecular flexibility index (Phi) is 9.38. The summed E-state index contributed by atoms with van der Waals surface area (Å²) in [7, 11) is 1.35. The first-order valence-electron chi connectivity index (χ1n) is 11.6. The second-order valence-corrected chi connectivity index (χ2v) is 8.12. The zero-order valence-electron chi connectivity index (χ0n) is 20.2. The average Bonchev–Trinajstić information content (AvgIpc) is 2.90. The molecule has 4 heteroatoms. The van der Waals surface area contributed by atoms with Gasteiger partial charge < -0.3 is 9.64 Å². The molecule has 0 aliphatic rings. The van der Waals surface area contributed by atoms with Crippen molar-refractivity contribution in [1.29, 1.82) is 0 Å². The maximum absolute atomic E-state index is 13.4. The fraction of sp³-hybridized carbons (Fsp3) is 0.161. The van der Waals surface area contributed by atoms with Gasteiger partial charge in [0.2, 0.25) is 5.91 Å². The first-order valence-corrected chi connectivity index (χ1v) is 11.6. The summed E-state index contributed by atoms with van der Waals surface area (Å²) in [5.41, 5.74) is 1.64. The summed E-state index contributed by atoms with van der Waals surface area (Å²) >= 11 is 0. The van der Waals surface area contributed by atoms with E-state index in [9.17, 15) is 9.59 Å². The summed E-state index contributed by atoms with van der Waals surface area (Å²) in [6, 6.07) is 29.4. The lowest BCUT2D eigenvalue weighted by Crippen LogP contribution is -2.55. The SMILES string of the molecule is COC(=O)[C@](C=Cc1ccccc1)(CC=Cc1ccccc1)N(CC=Cc1ccccc1)C(C)=O. The number of ether oxygens (including phenoxy) is 1. The van der Waals surface area contributed by atoms with Gasteiger partial charge >= 0.3 is 5.97 Å². The second-order valence-electron chi connectivity index (χ2n) is 8.12. The first-order chi connectivity index (χ1) is 17.0. The lowest BCUT2D eigenvalue weighted by Gasteiger charge is -2.38. The maximum atomic E-state index is 13.4. The van der Waals surface area contributed by atoms with E-state index in [1.165, 1.54) is 14.0 Å². The van der Waals surface area contributed by atoms with E-state index in [1.807, 2.05) is 121 Å². The van der Waals surface area contributed by atoms with Crippen LogP contribution in [0, 0.1) is 0 Å². The van der Waals surface area contributed by atoms with E-state index in [1.54, 1.807) is 11.0 Å². The molecule has 0 N–H and O–H groups in total. The van der Waals surface area contributed by atoms with Crippen molar-refractivity contribution in [1.82, 2.24) is 4.90 Å². The predicted octanol–water partition coefficient (Wildman–Crippen LogP) is 6.28. The van der Waals surface area contributed by atoms with Crippen molar-refractivity contribution in [3.05, 3.63) is 126 Å². The quantitative estimate of drug-likeness (QED) is 0.331. The van der Waals surface area contributed by atoms with Crippen LogP contribution in [0.1, 0.15) is 30.0 Å². The molecule has 0 aromatic heterocycles. The number of carbonyl (C=O) groups excluding carboxylic acids is 2. The Morgan fingerprint density at radius 2 is 1.20 bits per heavy atom. The van der Waals surface area contributed by atoms with Crippen LogP contribution in [-0.2, 0) is 14.3 Å². The Labute approximate surface area is 207 Å². The topological polar surface area (TPSA) is 46.6 Å². The average molecular weight is 466 g/mol. The number of nitrogens with zero attached hydrogens (tertiary/aromatic N) is 1. The minimum Gasteiger partial charge on any atom is -0.467 e. The molecule has 0 radical (unpaired) electrons.